The second kappa shape index (κ2) is 8.44. The number of aliphatic imine (C=N–C) groups is 1. The minimum Gasteiger partial charge on any atom is -0.379 e. The number of ether oxygens (including phenoxy) is 2. The van der Waals surface area contributed by atoms with E-state index in [2.05, 4.69) is 50.2 Å². The average molecular weight is 367 g/mol. The van der Waals surface area contributed by atoms with E-state index in [9.17, 15) is 0 Å². The molecule has 150 valence electrons. The van der Waals surface area contributed by atoms with Gasteiger partial charge in [0.05, 0.1) is 25.9 Å². The monoisotopic (exact) mass is 366 g/mol. The molecule has 0 aromatic heterocycles. The summed E-state index contributed by atoms with van der Waals surface area (Å²) >= 11 is 0. The van der Waals surface area contributed by atoms with E-state index < -0.39 is 0 Å². The summed E-state index contributed by atoms with van der Waals surface area (Å²) < 4.78 is 11.4. The Morgan fingerprint density at radius 2 is 1.96 bits per heavy atom. The van der Waals surface area contributed by atoms with Crippen molar-refractivity contribution in [2.75, 3.05) is 46.0 Å². The van der Waals surface area contributed by atoms with Crippen LogP contribution in [0.4, 0.5) is 0 Å². The molecule has 4 unspecified atom stereocenters. The molecule has 0 bridgehead atoms. The molecule has 0 radical (unpaired) electrons. The number of fused-ring (bicyclic) bond motifs is 1. The van der Waals surface area contributed by atoms with E-state index in [1.165, 1.54) is 0 Å². The van der Waals surface area contributed by atoms with Gasteiger partial charge in [-0.3, -0.25) is 9.89 Å². The standard InChI is InChI=1S/C20H38N4O2/c1-6-21-19(23-17-15-7-10-26-18(15)20(17,4)5)22-13-16(14(2)3)24-8-11-25-12-9-24/h14-18H,6-13H2,1-5H3,(H2,21,22,23). The third-order valence-electron chi connectivity index (χ3n) is 6.46. The third-order valence-corrected chi connectivity index (χ3v) is 6.46. The molecule has 3 aliphatic rings. The maximum atomic E-state index is 5.93. The fraction of sp³-hybridized carbons (Fsp3) is 0.950. The van der Waals surface area contributed by atoms with Gasteiger partial charge < -0.3 is 20.1 Å². The van der Waals surface area contributed by atoms with Crippen molar-refractivity contribution in [1.82, 2.24) is 15.5 Å². The number of nitrogens with zero attached hydrogens (tertiary/aromatic N) is 2. The lowest BCUT2D eigenvalue weighted by Crippen LogP contribution is -2.68. The Hall–Kier alpha value is -0.850. The van der Waals surface area contributed by atoms with Gasteiger partial charge in [0.1, 0.15) is 0 Å². The zero-order valence-electron chi connectivity index (χ0n) is 17.3. The number of hydrogen-bond donors (Lipinski definition) is 2. The number of guanidine groups is 1. The van der Waals surface area contributed by atoms with Crippen LogP contribution in [0.5, 0.6) is 0 Å². The Morgan fingerprint density at radius 1 is 1.23 bits per heavy atom. The zero-order valence-corrected chi connectivity index (χ0v) is 17.3. The first kappa shape index (κ1) is 19.9. The SMILES string of the molecule is CCNC(=NCC(C(C)C)N1CCOCC1)NC1C2CCOC2C1(C)C. The summed E-state index contributed by atoms with van der Waals surface area (Å²) in [7, 11) is 0. The van der Waals surface area contributed by atoms with Crippen LogP contribution < -0.4 is 10.6 Å². The van der Waals surface area contributed by atoms with E-state index in [1.54, 1.807) is 0 Å². The topological polar surface area (TPSA) is 58.1 Å². The summed E-state index contributed by atoms with van der Waals surface area (Å²) in [6.45, 7) is 17.7. The van der Waals surface area contributed by atoms with Crippen molar-refractivity contribution in [3.63, 3.8) is 0 Å². The fourth-order valence-corrected chi connectivity index (χ4v) is 4.93. The highest BCUT2D eigenvalue weighted by Crippen LogP contribution is 2.52. The minimum absolute atomic E-state index is 0.166. The molecule has 3 rings (SSSR count). The Bertz CT molecular complexity index is 488. The smallest absolute Gasteiger partial charge is 0.191 e. The van der Waals surface area contributed by atoms with Crippen LogP contribution in [0.2, 0.25) is 0 Å². The number of morpholine rings is 1. The van der Waals surface area contributed by atoms with E-state index >= 15 is 0 Å². The van der Waals surface area contributed by atoms with Crippen LogP contribution in [0, 0.1) is 17.3 Å². The predicted octanol–water partition coefficient (Wildman–Crippen LogP) is 1.71. The summed E-state index contributed by atoms with van der Waals surface area (Å²) in [5.74, 6) is 2.15. The van der Waals surface area contributed by atoms with E-state index in [0.717, 1.165) is 58.4 Å². The van der Waals surface area contributed by atoms with E-state index in [1.807, 2.05) is 0 Å². The van der Waals surface area contributed by atoms with Crippen molar-refractivity contribution in [2.45, 2.75) is 59.2 Å². The summed E-state index contributed by atoms with van der Waals surface area (Å²) in [4.78, 5) is 7.52. The van der Waals surface area contributed by atoms with Crippen LogP contribution in [0.3, 0.4) is 0 Å². The van der Waals surface area contributed by atoms with E-state index in [0.29, 0.717) is 30.0 Å². The highest BCUT2D eigenvalue weighted by atomic mass is 16.5. The molecule has 1 saturated carbocycles. The quantitative estimate of drug-likeness (QED) is 0.554. The minimum atomic E-state index is 0.166. The van der Waals surface area contributed by atoms with Crippen LogP contribution in [-0.2, 0) is 9.47 Å². The molecular formula is C20H38N4O2. The largest absolute Gasteiger partial charge is 0.379 e. The molecule has 3 fully saturated rings. The predicted molar refractivity (Wildman–Crippen MR) is 106 cm³/mol. The molecule has 6 nitrogen and oxygen atoms in total. The lowest BCUT2D eigenvalue weighted by atomic mass is 9.57. The van der Waals surface area contributed by atoms with E-state index in [-0.39, 0.29) is 5.41 Å². The Labute approximate surface area is 159 Å². The molecule has 6 heteroatoms. The Kier molecular flexibility index (Phi) is 6.46. The molecule has 2 aliphatic heterocycles. The molecule has 0 aromatic carbocycles. The lowest BCUT2D eigenvalue weighted by molar-refractivity contribution is -0.106. The van der Waals surface area contributed by atoms with Gasteiger partial charge in [0, 0.05) is 49.7 Å². The van der Waals surface area contributed by atoms with Gasteiger partial charge in [-0.25, -0.2) is 0 Å². The van der Waals surface area contributed by atoms with Crippen molar-refractivity contribution in [1.29, 1.82) is 0 Å². The highest BCUT2D eigenvalue weighted by Gasteiger charge is 2.59. The summed E-state index contributed by atoms with van der Waals surface area (Å²) in [6.07, 6.45) is 1.56. The first-order valence-electron chi connectivity index (χ1n) is 10.4. The lowest BCUT2D eigenvalue weighted by Gasteiger charge is -2.55. The molecule has 2 heterocycles. The van der Waals surface area contributed by atoms with Crippen LogP contribution in [-0.4, -0.2) is 75.0 Å². The molecule has 1 aliphatic carbocycles. The first-order valence-corrected chi connectivity index (χ1v) is 10.4. The zero-order chi connectivity index (χ0) is 18.7. The molecule has 4 atom stereocenters. The van der Waals surface area contributed by atoms with Crippen molar-refractivity contribution >= 4 is 5.96 Å². The fourth-order valence-electron chi connectivity index (χ4n) is 4.93. The number of nitrogens with one attached hydrogen (secondary N) is 2. The van der Waals surface area contributed by atoms with Gasteiger partial charge in [0.25, 0.3) is 0 Å². The molecule has 0 aromatic rings. The molecule has 0 spiro atoms. The summed E-state index contributed by atoms with van der Waals surface area (Å²) in [6, 6.07) is 0.903. The van der Waals surface area contributed by atoms with Gasteiger partial charge in [0.15, 0.2) is 5.96 Å². The number of hydrogen-bond acceptors (Lipinski definition) is 4. The Balaban J connectivity index is 1.64. The van der Waals surface area contributed by atoms with Gasteiger partial charge in [-0.2, -0.15) is 0 Å². The average Bonchev–Trinajstić information content (AvgIpc) is 3.07. The maximum Gasteiger partial charge on any atom is 0.191 e. The van der Waals surface area contributed by atoms with Crippen molar-refractivity contribution < 1.29 is 9.47 Å². The highest BCUT2D eigenvalue weighted by molar-refractivity contribution is 5.80. The van der Waals surface area contributed by atoms with Crippen molar-refractivity contribution in [3.05, 3.63) is 0 Å². The molecule has 2 saturated heterocycles. The third kappa shape index (κ3) is 4.02. The van der Waals surface area contributed by atoms with Gasteiger partial charge in [-0.05, 0) is 19.3 Å². The van der Waals surface area contributed by atoms with Crippen molar-refractivity contribution in [2.24, 2.45) is 22.2 Å². The van der Waals surface area contributed by atoms with Crippen LogP contribution >= 0.6 is 0 Å². The van der Waals surface area contributed by atoms with Crippen molar-refractivity contribution in [3.8, 4) is 0 Å². The van der Waals surface area contributed by atoms with Gasteiger partial charge in [0.2, 0.25) is 0 Å². The second-order valence-corrected chi connectivity index (χ2v) is 8.87. The van der Waals surface area contributed by atoms with Gasteiger partial charge in [-0.15, -0.1) is 0 Å². The molecule has 2 N–H and O–H groups in total. The van der Waals surface area contributed by atoms with Crippen LogP contribution in [0.15, 0.2) is 4.99 Å². The molecular weight excluding hydrogens is 328 g/mol. The normalized spacial score (nSPS) is 32.8. The van der Waals surface area contributed by atoms with Crippen LogP contribution in [0.1, 0.15) is 41.0 Å². The summed E-state index contributed by atoms with van der Waals surface area (Å²) in [5, 5.41) is 7.18. The first-order chi connectivity index (χ1) is 12.4. The second-order valence-electron chi connectivity index (χ2n) is 8.87. The van der Waals surface area contributed by atoms with E-state index in [4.69, 9.17) is 14.5 Å². The van der Waals surface area contributed by atoms with Crippen LogP contribution in [0.25, 0.3) is 0 Å². The van der Waals surface area contributed by atoms with Gasteiger partial charge >= 0.3 is 0 Å². The number of rotatable bonds is 6. The molecule has 0 amide bonds. The Morgan fingerprint density at radius 3 is 2.62 bits per heavy atom. The van der Waals surface area contributed by atoms with Gasteiger partial charge in [-0.1, -0.05) is 27.7 Å². The molecule has 26 heavy (non-hydrogen) atoms. The maximum absolute atomic E-state index is 5.93. The summed E-state index contributed by atoms with van der Waals surface area (Å²) in [5.41, 5.74) is 0.166.